The number of nitrogens with two attached hydrogens (primary N) is 1. The predicted molar refractivity (Wildman–Crippen MR) is 70.2 cm³/mol. The van der Waals surface area contributed by atoms with Crippen molar-refractivity contribution in [1.29, 1.82) is 0 Å². The van der Waals surface area contributed by atoms with Crippen molar-refractivity contribution in [2.45, 2.75) is 45.4 Å². The van der Waals surface area contributed by atoms with Crippen LogP contribution < -0.4 is 16.0 Å². The van der Waals surface area contributed by atoms with Crippen LogP contribution >= 0.6 is 0 Å². The predicted octanol–water partition coefficient (Wildman–Crippen LogP) is 1.23. The van der Waals surface area contributed by atoms with Crippen LogP contribution in [0.3, 0.4) is 0 Å². The second kappa shape index (κ2) is 6.17. The zero-order valence-corrected chi connectivity index (χ0v) is 11.9. The maximum Gasteiger partial charge on any atom is 0.161 e. The van der Waals surface area contributed by atoms with E-state index < -0.39 is 5.60 Å². The molecule has 1 heterocycles. The summed E-state index contributed by atoms with van der Waals surface area (Å²) in [6.45, 7) is 6.86. The lowest BCUT2D eigenvalue weighted by molar-refractivity contribution is -0.0142. The van der Waals surface area contributed by atoms with Crippen molar-refractivity contribution < 1.29 is 9.47 Å². The van der Waals surface area contributed by atoms with E-state index in [0.717, 1.165) is 24.4 Å². The summed E-state index contributed by atoms with van der Waals surface area (Å²) in [7, 11) is 3.29. The van der Waals surface area contributed by atoms with Crippen LogP contribution in [0.4, 0.5) is 0 Å². The Hall–Kier alpha value is -1.11. The Labute approximate surface area is 108 Å². The molecule has 0 aliphatic heterocycles. The van der Waals surface area contributed by atoms with Gasteiger partial charge in [0.05, 0.1) is 24.9 Å². The van der Waals surface area contributed by atoms with Gasteiger partial charge in [0.2, 0.25) is 0 Å². The topological polar surface area (TPSA) is 74.3 Å². The number of hydrogen-bond acceptors (Lipinski definition) is 5. The lowest BCUT2D eigenvalue weighted by Gasteiger charge is -2.33. The van der Waals surface area contributed by atoms with Crippen molar-refractivity contribution >= 4 is 0 Å². The first-order valence-corrected chi connectivity index (χ1v) is 6.12. The Morgan fingerprint density at radius 2 is 2.17 bits per heavy atom. The van der Waals surface area contributed by atoms with Gasteiger partial charge in [-0.3, -0.25) is 10.5 Å². The second-order valence-corrected chi connectivity index (χ2v) is 4.73. The Morgan fingerprint density at radius 1 is 1.50 bits per heavy atom. The van der Waals surface area contributed by atoms with Gasteiger partial charge in [-0.2, -0.15) is 5.10 Å². The van der Waals surface area contributed by atoms with Gasteiger partial charge in [-0.25, -0.2) is 5.43 Å². The van der Waals surface area contributed by atoms with Gasteiger partial charge in [-0.05, 0) is 20.3 Å². The fraction of sp³-hybridized carbons (Fsp3) is 0.750. The fourth-order valence-corrected chi connectivity index (χ4v) is 1.94. The van der Waals surface area contributed by atoms with Gasteiger partial charge in [0.15, 0.2) is 5.75 Å². The summed E-state index contributed by atoms with van der Waals surface area (Å²) in [6, 6.07) is -0.202. The van der Waals surface area contributed by atoms with Crippen LogP contribution in [-0.2, 0) is 11.3 Å². The first-order valence-electron chi connectivity index (χ1n) is 6.12. The van der Waals surface area contributed by atoms with Crippen LogP contribution in [0.2, 0.25) is 0 Å². The molecular formula is C12H24N4O2. The van der Waals surface area contributed by atoms with Crippen LogP contribution in [0.15, 0.2) is 6.20 Å². The minimum absolute atomic E-state index is 0.202. The maximum absolute atomic E-state index is 5.69. The minimum atomic E-state index is -0.465. The molecule has 0 radical (unpaired) electrons. The van der Waals surface area contributed by atoms with Crippen LogP contribution in [0.5, 0.6) is 5.75 Å². The zero-order valence-electron chi connectivity index (χ0n) is 11.9. The third-order valence-electron chi connectivity index (χ3n) is 3.16. The van der Waals surface area contributed by atoms with Crippen molar-refractivity contribution in [2.24, 2.45) is 5.84 Å². The molecule has 0 amide bonds. The molecule has 1 aromatic heterocycles. The molecule has 0 bridgehead atoms. The summed E-state index contributed by atoms with van der Waals surface area (Å²) in [5, 5.41) is 4.33. The van der Waals surface area contributed by atoms with Crippen LogP contribution in [0.1, 0.15) is 38.9 Å². The molecule has 18 heavy (non-hydrogen) atoms. The maximum atomic E-state index is 5.69. The van der Waals surface area contributed by atoms with E-state index in [4.69, 9.17) is 15.3 Å². The Balaban J connectivity index is 3.21. The number of hydrogen-bond donors (Lipinski definition) is 2. The highest BCUT2D eigenvalue weighted by Crippen LogP contribution is 2.33. The Kier molecular flexibility index (Phi) is 5.13. The van der Waals surface area contributed by atoms with E-state index in [0.29, 0.717) is 0 Å². The van der Waals surface area contributed by atoms with Crippen molar-refractivity contribution in [1.82, 2.24) is 15.2 Å². The highest BCUT2D eigenvalue weighted by atomic mass is 16.5. The van der Waals surface area contributed by atoms with E-state index in [-0.39, 0.29) is 6.04 Å². The van der Waals surface area contributed by atoms with Gasteiger partial charge in [0, 0.05) is 13.7 Å². The molecular weight excluding hydrogens is 232 g/mol. The van der Waals surface area contributed by atoms with Crippen LogP contribution in [-0.4, -0.2) is 29.6 Å². The van der Waals surface area contributed by atoms with Crippen molar-refractivity contribution in [3.05, 3.63) is 11.9 Å². The lowest BCUT2D eigenvalue weighted by atomic mass is 9.95. The van der Waals surface area contributed by atoms with Gasteiger partial charge < -0.3 is 9.47 Å². The minimum Gasteiger partial charge on any atom is -0.493 e. The van der Waals surface area contributed by atoms with Crippen LogP contribution in [0, 0.1) is 0 Å². The standard InChI is InChI=1S/C12H24N4O2/c1-6-7-16-10(9(17-4)8-14-16)11(15-13)12(2,3)18-5/h8,11,15H,6-7,13H2,1-5H3. The summed E-state index contributed by atoms with van der Waals surface area (Å²) in [4.78, 5) is 0. The van der Waals surface area contributed by atoms with Gasteiger partial charge >= 0.3 is 0 Å². The van der Waals surface area contributed by atoms with E-state index in [1.807, 2.05) is 18.5 Å². The summed E-state index contributed by atoms with van der Waals surface area (Å²) >= 11 is 0. The Bertz CT molecular complexity index is 376. The highest BCUT2D eigenvalue weighted by Gasteiger charge is 2.35. The molecule has 3 N–H and O–H groups in total. The van der Waals surface area contributed by atoms with Gasteiger partial charge in [-0.1, -0.05) is 6.92 Å². The number of methoxy groups -OCH3 is 2. The summed E-state index contributed by atoms with van der Waals surface area (Å²) < 4.78 is 12.8. The summed E-state index contributed by atoms with van der Waals surface area (Å²) in [5.41, 5.74) is 3.25. The third kappa shape index (κ3) is 2.82. The van der Waals surface area contributed by atoms with Gasteiger partial charge in [0.25, 0.3) is 0 Å². The Morgan fingerprint density at radius 3 is 2.61 bits per heavy atom. The van der Waals surface area contributed by atoms with Crippen LogP contribution in [0.25, 0.3) is 0 Å². The lowest BCUT2D eigenvalue weighted by Crippen LogP contribution is -2.45. The van der Waals surface area contributed by atoms with Gasteiger partial charge in [-0.15, -0.1) is 0 Å². The summed E-state index contributed by atoms with van der Waals surface area (Å²) in [6.07, 6.45) is 2.70. The van der Waals surface area contributed by atoms with E-state index in [2.05, 4.69) is 17.4 Å². The summed E-state index contributed by atoms with van der Waals surface area (Å²) in [5.74, 6) is 6.41. The number of aryl methyl sites for hydroxylation is 1. The molecule has 6 nitrogen and oxygen atoms in total. The molecule has 1 aromatic rings. The van der Waals surface area contributed by atoms with E-state index in [9.17, 15) is 0 Å². The average molecular weight is 256 g/mol. The van der Waals surface area contributed by atoms with E-state index >= 15 is 0 Å². The number of rotatable bonds is 7. The number of aromatic nitrogens is 2. The molecule has 1 atom stereocenters. The molecule has 1 unspecified atom stereocenters. The first-order chi connectivity index (χ1) is 8.51. The molecule has 0 aromatic carbocycles. The number of hydrazine groups is 1. The number of nitrogens with zero attached hydrogens (tertiary/aromatic N) is 2. The van der Waals surface area contributed by atoms with Crippen molar-refractivity contribution in [3.8, 4) is 5.75 Å². The monoisotopic (exact) mass is 256 g/mol. The second-order valence-electron chi connectivity index (χ2n) is 4.73. The molecule has 0 saturated carbocycles. The largest absolute Gasteiger partial charge is 0.493 e. The SMILES string of the molecule is CCCn1ncc(OC)c1C(NN)C(C)(C)OC. The van der Waals surface area contributed by atoms with Crippen molar-refractivity contribution in [2.75, 3.05) is 14.2 Å². The quantitative estimate of drug-likeness (QED) is 0.567. The molecule has 0 saturated heterocycles. The highest BCUT2D eigenvalue weighted by molar-refractivity contribution is 5.30. The third-order valence-corrected chi connectivity index (χ3v) is 3.16. The smallest absolute Gasteiger partial charge is 0.161 e. The molecule has 0 fully saturated rings. The van der Waals surface area contributed by atoms with E-state index in [1.54, 1.807) is 20.4 Å². The van der Waals surface area contributed by atoms with Gasteiger partial charge in [0.1, 0.15) is 5.69 Å². The zero-order chi connectivity index (χ0) is 13.8. The average Bonchev–Trinajstić information content (AvgIpc) is 2.74. The fourth-order valence-electron chi connectivity index (χ4n) is 1.94. The normalized spacial score (nSPS) is 13.7. The molecule has 0 spiro atoms. The number of nitrogens with one attached hydrogen (secondary N) is 1. The molecule has 0 aliphatic rings. The van der Waals surface area contributed by atoms with Crippen molar-refractivity contribution in [3.63, 3.8) is 0 Å². The first kappa shape index (κ1) is 14.9. The molecule has 0 aliphatic carbocycles. The van der Waals surface area contributed by atoms with E-state index in [1.165, 1.54) is 0 Å². The molecule has 6 heteroatoms. The number of ether oxygens (including phenoxy) is 2. The molecule has 1 rings (SSSR count). The molecule has 104 valence electrons.